The Balaban J connectivity index is 1.84. The van der Waals surface area contributed by atoms with E-state index in [0.717, 1.165) is 47.4 Å². The summed E-state index contributed by atoms with van der Waals surface area (Å²) in [5.41, 5.74) is 3.72. The first-order valence-corrected chi connectivity index (χ1v) is 10.9. The molecule has 132 valence electrons. The molecule has 0 radical (unpaired) electrons. The number of sulfone groups is 1. The molecule has 1 aliphatic carbocycles. The number of pyridine rings is 1. The molecule has 0 saturated heterocycles. The normalized spacial score (nSPS) is 14.1. The molecule has 0 spiro atoms. The Hall–Kier alpha value is -1.86. The van der Waals surface area contributed by atoms with Crippen LogP contribution in [0.3, 0.4) is 0 Å². The lowest BCUT2D eigenvalue weighted by Crippen LogP contribution is -2.10. The lowest BCUT2D eigenvalue weighted by molar-refractivity contribution is 0.443. The number of aromatic hydroxyl groups is 1. The summed E-state index contributed by atoms with van der Waals surface area (Å²) in [6.07, 6.45) is 6.32. The molecule has 2 aromatic rings. The Morgan fingerprint density at radius 2 is 1.84 bits per heavy atom. The van der Waals surface area contributed by atoms with E-state index < -0.39 is 9.84 Å². The first kappa shape index (κ1) is 17.9. The smallest absolute Gasteiger partial charge is 0.221 e. The van der Waals surface area contributed by atoms with E-state index in [1.807, 2.05) is 12.1 Å². The van der Waals surface area contributed by atoms with Gasteiger partial charge in [-0.3, -0.25) is 0 Å². The van der Waals surface area contributed by atoms with E-state index in [-0.39, 0.29) is 5.88 Å². The van der Waals surface area contributed by atoms with Gasteiger partial charge < -0.3 is 10.5 Å². The van der Waals surface area contributed by atoms with Crippen molar-refractivity contribution < 1.29 is 13.5 Å². The van der Waals surface area contributed by atoms with Gasteiger partial charge >= 0.3 is 0 Å². The van der Waals surface area contributed by atoms with Gasteiger partial charge in [0.05, 0.1) is 10.5 Å². The molecule has 3 rings (SSSR count). The van der Waals surface area contributed by atoms with Crippen LogP contribution in [0.5, 0.6) is 5.88 Å². The minimum absolute atomic E-state index is 0.0782. The van der Waals surface area contributed by atoms with Crippen molar-refractivity contribution in [1.29, 1.82) is 5.41 Å². The van der Waals surface area contributed by atoms with Crippen molar-refractivity contribution in [2.24, 2.45) is 0 Å². The number of hydrogen-bond acceptors (Lipinski definition) is 6. The van der Waals surface area contributed by atoms with E-state index in [4.69, 9.17) is 5.41 Å². The molecule has 0 unspecified atom stereocenters. The molecule has 0 bridgehead atoms. The Morgan fingerprint density at radius 1 is 1.20 bits per heavy atom. The summed E-state index contributed by atoms with van der Waals surface area (Å²) in [4.78, 5) is 4.61. The Labute approximate surface area is 151 Å². The Morgan fingerprint density at radius 3 is 2.44 bits per heavy atom. The van der Waals surface area contributed by atoms with Crippen LogP contribution in [0, 0.1) is 5.41 Å². The van der Waals surface area contributed by atoms with Gasteiger partial charge in [-0.25, -0.2) is 13.4 Å². The molecule has 1 aromatic carbocycles. The van der Waals surface area contributed by atoms with E-state index in [0.29, 0.717) is 16.2 Å². The third-order valence-corrected chi connectivity index (χ3v) is 6.59. The van der Waals surface area contributed by atoms with Crippen LogP contribution in [0.25, 0.3) is 0 Å². The second-order valence-electron chi connectivity index (χ2n) is 6.17. The van der Waals surface area contributed by atoms with Crippen LogP contribution in [0.4, 0.5) is 0 Å². The third-order valence-electron chi connectivity index (χ3n) is 4.37. The van der Waals surface area contributed by atoms with E-state index in [2.05, 4.69) is 4.98 Å². The number of nitrogens with zero attached hydrogens (tertiary/aromatic N) is 1. The minimum Gasteiger partial charge on any atom is -0.493 e. The first-order chi connectivity index (χ1) is 11.9. The number of aromatic nitrogens is 1. The average molecular weight is 377 g/mol. The first-order valence-electron chi connectivity index (χ1n) is 8.07. The number of hydrogen-bond donors (Lipinski definition) is 2. The van der Waals surface area contributed by atoms with Gasteiger partial charge in [-0.15, -0.1) is 11.8 Å². The largest absolute Gasteiger partial charge is 0.493 e. The summed E-state index contributed by atoms with van der Waals surface area (Å²) in [6, 6.07) is 6.84. The molecular formula is C18H20N2O3S2. The Kier molecular flexibility index (Phi) is 5.15. The number of nitrogens with one attached hydrogen (secondary N) is 1. The van der Waals surface area contributed by atoms with Crippen molar-refractivity contribution in [1.82, 2.24) is 4.98 Å². The van der Waals surface area contributed by atoms with Gasteiger partial charge in [-0.1, -0.05) is 12.1 Å². The summed E-state index contributed by atoms with van der Waals surface area (Å²) in [5.74, 6) is 0.568. The highest BCUT2D eigenvalue weighted by Gasteiger charge is 2.21. The van der Waals surface area contributed by atoms with Gasteiger partial charge in [0.15, 0.2) is 9.84 Å². The van der Waals surface area contributed by atoms with Gasteiger partial charge in [-0.2, -0.15) is 0 Å². The summed E-state index contributed by atoms with van der Waals surface area (Å²) in [6.45, 7) is 0. The molecule has 0 fully saturated rings. The predicted octanol–water partition coefficient (Wildman–Crippen LogP) is 3.36. The fraction of sp³-hybridized carbons (Fsp3) is 0.333. The van der Waals surface area contributed by atoms with Crippen molar-refractivity contribution in [3.63, 3.8) is 0 Å². The maximum Gasteiger partial charge on any atom is 0.221 e. The minimum atomic E-state index is -3.19. The second-order valence-corrected chi connectivity index (χ2v) is 9.15. The van der Waals surface area contributed by atoms with Crippen molar-refractivity contribution in [3.05, 3.63) is 46.5 Å². The highest BCUT2D eigenvalue weighted by molar-refractivity contribution is 7.98. The fourth-order valence-electron chi connectivity index (χ4n) is 3.05. The zero-order chi connectivity index (χ0) is 18.0. The van der Waals surface area contributed by atoms with Crippen molar-refractivity contribution in [2.75, 3.05) is 6.26 Å². The zero-order valence-electron chi connectivity index (χ0n) is 13.9. The van der Waals surface area contributed by atoms with Crippen LogP contribution in [-0.2, 0) is 28.4 Å². The molecule has 0 amide bonds. The standard InChI is InChI=1S/C18H20N2O3S2/c1-25(22,23)13-8-6-12(7-9-13)11-24-18-15-5-3-2-4-14(15)16(10-19)17(21)20-18/h6-10,19H,2-5,11H2,1H3,(H,20,21). The Bertz CT molecular complexity index is 907. The van der Waals surface area contributed by atoms with Gasteiger partial charge in [0.1, 0.15) is 5.03 Å². The SMILES string of the molecule is CS(=O)(=O)c1ccc(CSc2nc(O)c(C=N)c3c2CCCC3)cc1. The van der Waals surface area contributed by atoms with Gasteiger partial charge in [-0.05, 0) is 54.5 Å². The number of benzene rings is 1. The lowest BCUT2D eigenvalue weighted by atomic mass is 9.90. The van der Waals surface area contributed by atoms with E-state index in [9.17, 15) is 13.5 Å². The van der Waals surface area contributed by atoms with E-state index >= 15 is 0 Å². The van der Waals surface area contributed by atoms with Crippen LogP contribution in [0.2, 0.25) is 0 Å². The molecule has 2 N–H and O–H groups in total. The summed E-state index contributed by atoms with van der Waals surface area (Å²) in [5, 5.41) is 18.5. The van der Waals surface area contributed by atoms with Crippen LogP contribution in [0.1, 0.15) is 35.1 Å². The molecule has 1 aromatic heterocycles. The summed E-state index contributed by atoms with van der Waals surface area (Å²) in [7, 11) is -3.19. The molecular weight excluding hydrogens is 356 g/mol. The predicted molar refractivity (Wildman–Crippen MR) is 99.5 cm³/mol. The molecule has 7 heteroatoms. The maximum absolute atomic E-state index is 11.5. The quantitative estimate of drug-likeness (QED) is 0.617. The van der Waals surface area contributed by atoms with Crippen LogP contribution < -0.4 is 0 Å². The van der Waals surface area contributed by atoms with Crippen molar-refractivity contribution in [2.45, 2.75) is 41.4 Å². The number of thioether (sulfide) groups is 1. The summed E-state index contributed by atoms with van der Waals surface area (Å²) >= 11 is 1.54. The summed E-state index contributed by atoms with van der Waals surface area (Å²) < 4.78 is 23.0. The van der Waals surface area contributed by atoms with E-state index in [1.165, 1.54) is 24.2 Å². The molecule has 0 saturated carbocycles. The third kappa shape index (κ3) is 3.88. The van der Waals surface area contributed by atoms with Crippen molar-refractivity contribution in [3.8, 4) is 5.88 Å². The average Bonchev–Trinajstić information content (AvgIpc) is 2.59. The maximum atomic E-state index is 11.5. The van der Waals surface area contributed by atoms with Gasteiger partial charge in [0.2, 0.25) is 5.88 Å². The highest BCUT2D eigenvalue weighted by atomic mass is 32.2. The molecule has 0 aliphatic heterocycles. The van der Waals surface area contributed by atoms with Crippen LogP contribution >= 0.6 is 11.8 Å². The van der Waals surface area contributed by atoms with Crippen LogP contribution in [0.15, 0.2) is 34.2 Å². The van der Waals surface area contributed by atoms with Crippen LogP contribution in [-0.4, -0.2) is 31.0 Å². The van der Waals surface area contributed by atoms with Crippen molar-refractivity contribution >= 4 is 27.8 Å². The molecule has 1 heterocycles. The highest BCUT2D eigenvalue weighted by Crippen LogP contribution is 2.36. The zero-order valence-corrected chi connectivity index (χ0v) is 15.6. The molecule has 0 atom stereocenters. The number of rotatable bonds is 5. The van der Waals surface area contributed by atoms with E-state index in [1.54, 1.807) is 12.1 Å². The lowest BCUT2D eigenvalue weighted by Gasteiger charge is -2.21. The monoisotopic (exact) mass is 376 g/mol. The fourth-order valence-corrected chi connectivity index (χ4v) is 4.73. The molecule has 1 aliphatic rings. The topological polar surface area (TPSA) is 91.1 Å². The second kappa shape index (κ2) is 7.17. The molecule has 25 heavy (non-hydrogen) atoms. The van der Waals surface area contributed by atoms with Gasteiger partial charge in [0.25, 0.3) is 0 Å². The van der Waals surface area contributed by atoms with Gasteiger partial charge in [0, 0.05) is 18.2 Å². The molecule has 5 nitrogen and oxygen atoms in total. The number of fused-ring (bicyclic) bond motifs is 1.